The first-order chi connectivity index (χ1) is 13.7. The van der Waals surface area contributed by atoms with E-state index in [1.54, 1.807) is 30.2 Å². The number of carbonyl (C=O) groups is 2. The lowest BCUT2D eigenvalue weighted by atomic mass is 10.2. The Morgan fingerprint density at radius 3 is 2.76 bits per heavy atom. The van der Waals surface area contributed by atoms with E-state index in [-0.39, 0.29) is 24.3 Å². The summed E-state index contributed by atoms with van der Waals surface area (Å²) in [6.45, 7) is 4.09. The molecule has 1 saturated heterocycles. The number of urea groups is 1. The Morgan fingerprint density at radius 2 is 1.97 bits per heavy atom. The molecule has 3 N–H and O–H groups in total. The minimum Gasteiger partial charge on any atom is -0.486 e. The van der Waals surface area contributed by atoms with Crippen LogP contribution in [0.5, 0.6) is 11.5 Å². The average Bonchev–Trinajstić information content (AvgIpc) is 3.20. The van der Waals surface area contributed by atoms with Gasteiger partial charge in [-0.3, -0.25) is 4.79 Å². The van der Waals surface area contributed by atoms with Crippen LogP contribution < -0.4 is 25.4 Å². The number of halogens is 1. The summed E-state index contributed by atoms with van der Waals surface area (Å²) in [7, 11) is 1.65. The quantitative estimate of drug-likeness (QED) is 0.538. The highest BCUT2D eigenvalue weighted by Gasteiger charge is 2.34. The number of carbonyl (C=O) groups excluding carboxylic acids is 2. The molecule has 1 atom stereocenters. The fourth-order valence-electron chi connectivity index (χ4n) is 3.29. The number of fused-ring (bicyclic) bond motifs is 1. The van der Waals surface area contributed by atoms with Crippen molar-refractivity contribution in [3.05, 3.63) is 18.2 Å². The Bertz CT molecular complexity index is 691. The molecule has 0 unspecified atom stereocenters. The number of amides is 3. The van der Waals surface area contributed by atoms with Gasteiger partial charge >= 0.3 is 6.03 Å². The maximum Gasteiger partial charge on any atom is 0.322 e. The van der Waals surface area contributed by atoms with Gasteiger partial charge in [0.25, 0.3) is 0 Å². The van der Waals surface area contributed by atoms with Crippen LogP contribution >= 0.6 is 12.4 Å². The Morgan fingerprint density at radius 1 is 1.17 bits per heavy atom. The summed E-state index contributed by atoms with van der Waals surface area (Å²) in [6, 6.07) is 4.55. The van der Waals surface area contributed by atoms with Crippen LogP contribution in [0.1, 0.15) is 12.8 Å². The number of nitrogens with one attached hydrogen (secondary N) is 3. The fraction of sp³-hybridized carbons (Fsp3) is 0.579. The molecule has 0 bridgehead atoms. The molecule has 2 aliphatic rings. The number of methoxy groups -OCH3 is 1. The molecule has 9 nitrogen and oxygen atoms in total. The van der Waals surface area contributed by atoms with Gasteiger partial charge in [0.2, 0.25) is 5.91 Å². The van der Waals surface area contributed by atoms with Crippen LogP contribution in [0, 0.1) is 0 Å². The lowest BCUT2D eigenvalue weighted by Crippen LogP contribution is -2.48. The molecule has 10 heteroatoms. The summed E-state index contributed by atoms with van der Waals surface area (Å²) in [6.07, 6.45) is 1.47. The smallest absolute Gasteiger partial charge is 0.322 e. The van der Waals surface area contributed by atoms with E-state index in [4.69, 9.17) is 14.2 Å². The van der Waals surface area contributed by atoms with Gasteiger partial charge in [-0.2, -0.15) is 0 Å². The van der Waals surface area contributed by atoms with Crippen LogP contribution in [-0.4, -0.2) is 76.0 Å². The van der Waals surface area contributed by atoms with Gasteiger partial charge in [-0.25, -0.2) is 4.79 Å². The molecule has 0 aliphatic carbocycles. The first-order valence-corrected chi connectivity index (χ1v) is 9.63. The van der Waals surface area contributed by atoms with Crippen molar-refractivity contribution in [3.63, 3.8) is 0 Å². The summed E-state index contributed by atoms with van der Waals surface area (Å²) in [4.78, 5) is 26.7. The number of nitrogens with zero attached hydrogens (tertiary/aromatic N) is 1. The maximum absolute atomic E-state index is 12.7. The van der Waals surface area contributed by atoms with E-state index in [1.807, 2.05) is 0 Å². The second-order valence-electron chi connectivity index (χ2n) is 6.67. The van der Waals surface area contributed by atoms with Crippen molar-refractivity contribution < 1.29 is 23.8 Å². The predicted octanol–water partition coefficient (Wildman–Crippen LogP) is 1.23. The normalized spacial score (nSPS) is 17.4. The topological polar surface area (TPSA) is 101 Å². The fourth-order valence-corrected chi connectivity index (χ4v) is 3.29. The number of likely N-dealkylation sites (tertiary alicyclic amines) is 1. The average molecular weight is 429 g/mol. The Kier molecular flexibility index (Phi) is 9.30. The molecule has 1 aromatic carbocycles. The molecule has 2 aliphatic heterocycles. The molecule has 0 radical (unpaired) electrons. The highest BCUT2D eigenvalue weighted by molar-refractivity contribution is 5.94. The molecular weight excluding hydrogens is 400 g/mol. The summed E-state index contributed by atoms with van der Waals surface area (Å²) >= 11 is 0. The van der Waals surface area contributed by atoms with Crippen LogP contribution in [-0.2, 0) is 9.53 Å². The third kappa shape index (κ3) is 6.38. The van der Waals surface area contributed by atoms with Crippen LogP contribution in [0.3, 0.4) is 0 Å². The van der Waals surface area contributed by atoms with E-state index >= 15 is 0 Å². The largest absolute Gasteiger partial charge is 0.486 e. The Hall–Kier alpha value is -2.23. The van der Waals surface area contributed by atoms with Gasteiger partial charge in [-0.15, -0.1) is 12.4 Å². The SMILES string of the molecule is COCCNCCNC(=O)[C@@H]1CCCN1C(=O)Nc1ccc2c(c1)OCCO2.Cl. The highest BCUT2D eigenvalue weighted by atomic mass is 35.5. The lowest BCUT2D eigenvalue weighted by molar-refractivity contribution is -0.124. The molecule has 0 saturated carbocycles. The highest BCUT2D eigenvalue weighted by Crippen LogP contribution is 2.32. The second kappa shape index (κ2) is 11.7. The lowest BCUT2D eigenvalue weighted by Gasteiger charge is -2.25. The van der Waals surface area contributed by atoms with Crippen molar-refractivity contribution in [2.75, 3.05) is 58.4 Å². The van der Waals surface area contributed by atoms with E-state index in [0.29, 0.717) is 63.1 Å². The number of hydrogen-bond acceptors (Lipinski definition) is 6. The van der Waals surface area contributed by atoms with Crippen LogP contribution in [0.4, 0.5) is 10.5 Å². The first-order valence-electron chi connectivity index (χ1n) is 9.63. The monoisotopic (exact) mass is 428 g/mol. The van der Waals surface area contributed by atoms with Crippen molar-refractivity contribution in [1.82, 2.24) is 15.5 Å². The number of rotatable bonds is 8. The summed E-state index contributed by atoms with van der Waals surface area (Å²) in [5.41, 5.74) is 0.614. The van der Waals surface area contributed by atoms with Crippen molar-refractivity contribution in [3.8, 4) is 11.5 Å². The molecule has 1 fully saturated rings. The van der Waals surface area contributed by atoms with Crippen LogP contribution in [0.15, 0.2) is 18.2 Å². The third-order valence-electron chi connectivity index (χ3n) is 4.69. The second-order valence-corrected chi connectivity index (χ2v) is 6.67. The zero-order valence-corrected chi connectivity index (χ0v) is 17.4. The molecule has 162 valence electrons. The molecule has 0 spiro atoms. The van der Waals surface area contributed by atoms with Crippen molar-refractivity contribution in [1.29, 1.82) is 0 Å². The summed E-state index contributed by atoms with van der Waals surface area (Å²) < 4.78 is 16.0. The van der Waals surface area contributed by atoms with Gasteiger partial charge < -0.3 is 35.1 Å². The van der Waals surface area contributed by atoms with E-state index in [1.165, 1.54) is 0 Å². The summed E-state index contributed by atoms with van der Waals surface area (Å²) in [5, 5.41) is 8.91. The molecule has 29 heavy (non-hydrogen) atoms. The van der Waals surface area contributed by atoms with Crippen molar-refractivity contribution >= 4 is 30.0 Å². The standard InChI is InChI=1S/C19H28N4O5.ClH/c1-26-10-8-20-6-7-21-18(24)15-3-2-9-23(15)19(25)22-14-4-5-16-17(13-14)28-12-11-27-16;/h4-5,13,15,20H,2-3,6-12H2,1H3,(H,21,24)(H,22,25);1H/t15-;/m0./s1. The van der Waals surface area contributed by atoms with E-state index < -0.39 is 6.04 Å². The van der Waals surface area contributed by atoms with Crippen LogP contribution in [0.2, 0.25) is 0 Å². The molecule has 3 rings (SSSR count). The molecular formula is C19H29ClN4O5. The van der Waals surface area contributed by atoms with E-state index in [2.05, 4.69) is 16.0 Å². The van der Waals surface area contributed by atoms with Gasteiger partial charge in [-0.05, 0) is 25.0 Å². The van der Waals surface area contributed by atoms with Crippen LogP contribution in [0.25, 0.3) is 0 Å². The first kappa shape index (κ1) is 23.1. The summed E-state index contributed by atoms with van der Waals surface area (Å²) in [5.74, 6) is 1.16. The molecule has 2 heterocycles. The minimum atomic E-state index is -0.448. The maximum atomic E-state index is 12.7. The minimum absolute atomic E-state index is 0. The van der Waals surface area contributed by atoms with E-state index in [9.17, 15) is 9.59 Å². The number of ether oxygens (including phenoxy) is 3. The molecule has 3 amide bonds. The zero-order valence-electron chi connectivity index (χ0n) is 16.6. The zero-order chi connectivity index (χ0) is 19.8. The van der Waals surface area contributed by atoms with Gasteiger partial charge in [0.05, 0.1) is 6.61 Å². The number of anilines is 1. The van der Waals surface area contributed by atoms with Crippen molar-refractivity contribution in [2.24, 2.45) is 0 Å². The molecule has 0 aromatic heterocycles. The Balaban J connectivity index is 0.00000300. The van der Waals surface area contributed by atoms with Gasteiger partial charge in [-0.1, -0.05) is 0 Å². The molecule has 1 aromatic rings. The third-order valence-corrected chi connectivity index (χ3v) is 4.69. The van der Waals surface area contributed by atoms with Gasteiger partial charge in [0.15, 0.2) is 11.5 Å². The Labute approximate surface area is 176 Å². The number of hydrogen-bond donors (Lipinski definition) is 3. The van der Waals surface area contributed by atoms with Gasteiger partial charge in [0.1, 0.15) is 19.3 Å². The predicted molar refractivity (Wildman–Crippen MR) is 111 cm³/mol. The number of benzene rings is 1. The van der Waals surface area contributed by atoms with Crippen molar-refractivity contribution in [2.45, 2.75) is 18.9 Å². The van der Waals surface area contributed by atoms with Gasteiger partial charge in [0, 0.05) is 45.0 Å². The van der Waals surface area contributed by atoms with E-state index in [0.717, 1.165) is 13.0 Å².